The molecule has 0 aromatic carbocycles. The molecule has 1 aromatic rings. The topological polar surface area (TPSA) is 20.2 Å². The molecule has 0 radical (unpaired) electrons. The van der Waals surface area contributed by atoms with Crippen LogP contribution in [0.1, 0.15) is 50.2 Å². The van der Waals surface area contributed by atoms with Gasteiger partial charge in [-0.15, -0.1) is 11.3 Å². The highest BCUT2D eigenvalue weighted by Crippen LogP contribution is 2.36. The van der Waals surface area contributed by atoms with Gasteiger partial charge in [0.15, 0.2) is 0 Å². The summed E-state index contributed by atoms with van der Waals surface area (Å²) in [6, 6.07) is 2.06. The highest BCUT2D eigenvalue weighted by atomic mass is 79.9. The van der Waals surface area contributed by atoms with Crippen molar-refractivity contribution in [3.63, 3.8) is 0 Å². The zero-order valence-electron chi connectivity index (χ0n) is 8.79. The maximum Gasteiger partial charge on any atom is 0.0826 e. The van der Waals surface area contributed by atoms with Gasteiger partial charge in [-0.25, -0.2) is 0 Å². The Kier molecular flexibility index (Phi) is 4.23. The van der Waals surface area contributed by atoms with Crippen LogP contribution in [0.15, 0.2) is 15.2 Å². The van der Waals surface area contributed by atoms with Crippen molar-refractivity contribution >= 4 is 27.3 Å². The van der Waals surface area contributed by atoms with E-state index in [0.29, 0.717) is 5.92 Å². The highest BCUT2D eigenvalue weighted by molar-refractivity contribution is 9.11. The van der Waals surface area contributed by atoms with Gasteiger partial charge in [0, 0.05) is 0 Å². The standard InChI is InChI=1S/C12H17BrOS/c13-11-7-10(8-15-11)12(14)9-5-3-1-2-4-6-9/h7-9,12,14H,1-6H2. The van der Waals surface area contributed by atoms with E-state index in [0.717, 1.165) is 9.35 Å². The zero-order chi connectivity index (χ0) is 10.7. The van der Waals surface area contributed by atoms with Crippen LogP contribution in [0.4, 0.5) is 0 Å². The van der Waals surface area contributed by atoms with E-state index in [1.54, 1.807) is 11.3 Å². The van der Waals surface area contributed by atoms with E-state index in [1.165, 1.54) is 38.5 Å². The third-order valence-electron chi connectivity index (χ3n) is 3.28. The molecule has 3 heteroatoms. The predicted molar refractivity (Wildman–Crippen MR) is 68.2 cm³/mol. The quantitative estimate of drug-likeness (QED) is 0.794. The molecular formula is C12H17BrOS. The third kappa shape index (κ3) is 3.05. The van der Waals surface area contributed by atoms with Crippen molar-refractivity contribution in [2.24, 2.45) is 5.92 Å². The second-order valence-corrected chi connectivity index (χ2v) is 6.67. The Bertz CT molecular complexity index is 302. The fourth-order valence-electron chi connectivity index (χ4n) is 2.38. The molecule has 1 fully saturated rings. The molecule has 1 N–H and O–H groups in total. The molecule has 1 atom stereocenters. The molecule has 0 amide bonds. The molecule has 0 saturated heterocycles. The third-order valence-corrected chi connectivity index (χ3v) is 4.80. The normalized spacial score (nSPS) is 21.2. The second-order valence-electron chi connectivity index (χ2n) is 4.38. The van der Waals surface area contributed by atoms with Gasteiger partial charge in [-0.3, -0.25) is 0 Å². The molecule has 1 unspecified atom stereocenters. The van der Waals surface area contributed by atoms with E-state index in [4.69, 9.17) is 0 Å². The van der Waals surface area contributed by atoms with E-state index in [9.17, 15) is 5.11 Å². The van der Waals surface area contributed by atoms with Gasteiger partial charge in [0.2, 0.25) is 0 Å². The average molecular weight is 289 g/mol. The Labute approximate surface area is 104 Å². The van der Waals surface area contributed by atoms with E-state index in [-0.39, 0.29) is 6.10 Å². The second kappa shape index (κ2) is 5.46. The number of thiophene rings is 1. The van der Waals surface area contributed by atoms with E-state index < -0.39 is 0 Å². The van der Waals surface area contributed by atoms with Crippen LogP contribution >= 0.6 is 27.3 Å². The summed E-state index contributed by atoms with van der Waals surface area (Å²) < 4.78 is 1.12. The van der Waals surface area contributed by atoms with Gasteiger partial charge in [-0.1, -0.05) is 25.7 Å². The van der Waals surface area contributed by atoms with Crippen LogP contribution in [0.2, 0.25) is 0 Å². The first-order chi connectivity index (χ1) is 7.27. The van der Waals surface area contributed by atoms with Crippen molar-refractivity contribution in [2.45, 2.75) is 44.6 Å². The summed E-state index contributed by atoms with van der Waals surface area (Å²) in [5, 5.41) is 12.3. The Hall–Kier alpha value is 0.140. The van der Waals surface area contributed by atoms with Crippen LogP contribution < -0.4 is 0 Å². The first-order valence-electron chi connectivity index (χ1n) is 5.69. The average Bonchev–Trinajstić information content (AvgIpc) is 2.53. The number of rotatable bonds is 2. The summed E-state index contributed by atoms with van der Waals surface area (Å²) in [5.41, 5.74) is 1.10. The number of aliphatic hydroxyl groups is 1. The zero-order valence-corrected chi connectivity index (χ0v) is 11.2. The molecule has 1 aromatic heterocycles. The first-order valence-corrected chi connectivity index (χ1v) is 7.36. The number of hydrogen-bond acceptors (Lipinski definition) is 2. The van der Waals surface area contributed by atoms with Crippen LogP contribution in [0.5, 0.6) is 0 Å². The van der Waals surface area contributed by atoms with Crippen LogP contribution in [0, 0.1) is 5.92 Å². The van der Waals surface area contributed by atoms with Gasteiger partial charge >= 0.3 is 0 Å². The van der Waals surface area contributed by atoms with Gasteiger partial charge in [-0.2, -0.15) is 0 Å². The predicted octanol–water partition coefficient (Wildman–Crippen LogP) is 4.51. The maximum atomic E-state index is 10.3. The van der Waals surface area contributed by atoms with Crippen molar-refractivity contribution in [1.82, 2.24) is 0 Å². The molecule has 1 saturated carbocycles. The molecule has 0 aliphatic heterocycles. The van der Waals surface area contributed by atoms with Crippen molar-refractivity contribution < 1.29 is 5.11 Å². The maximum absolute atomic E-state index is 10.3. The summed E-state index contributed by atoms with van der Waals surface area (Å²) in [5.74, 6) is 0.481. The number of aliphatic hydroxyl groups excluding tert-OH is 1. The lowest BCUT2D eigenvalue weighted by atomic mass is 9.91. The number of halogens is 1. The van der Waals surface area contributed by atoms with Crippen molar-refractivity contribution in [3.8, 4) is 0 Å². The Morgan fingerprint density at radius 3 is 2.47 bits per heavy atom. The van der Waals surface area contributed by atoms with Gasteiger partial charge < -0.3 is 5.11 Å². The minimum atomic E-state index is -0.245. The molecule has 84 valence electrons. The smallest absolute Gasteiger partial charge is 0.0826 e. The van der Waals surface area contributed by atoms with Gasteiger partial charge in [0.25, 0.3) is 0 Å². The van der Waals surface area contributed by atoms with Crippen LogP contribution in [-0.4, -0.2) is 5.11 Å². The van der Waals surface area contributed by atoms with Gasteiger partial charge in [-0.05, 0) is 51.7 Å². The minimum Gasteiger partial charge on any atom is -0.388 e. The SMILES string of the molecule is OC(c1csc(Br)c1)C1CCCCCC1. The van der Waals surface area contributed by atoms with Crippen molar-refractivity contribution in [2.75, 3.05) is 0 Å². The fraction of sp³-hybridized carbons (Fsp3) is 0.667. The van der Waals surface area contributed by atoms with Crippen molar-refractivity contribution in [1.29, 1.82) is 0 Å². The Morgan fingerprint density at radius 2 is 1.93 bits per heavy atom. The summed E-state index contributed by atoms with van der Waals surface area (Å²) >= 11 is 5.11. The summed E-state index contributed by atoms with van der Waals surface area (Å²) in [6.07, 6.45) is 7.39. The fourth-order valence-corrected chi connectivity index (χ4v) is 3.58. The highest BCUT2D eigenvalue weighted by Gasteiger charge is 2.22. The summed E-state index contributed by atoms with van der Waals surface area (Å²) in [4.78, 5) is 0. The first kappa shape index (κ1) is 11.6. The van der Waals surface area contributed by atoms with Gasteiger partial charge in [0.1, 0.15) is 0 Å². The molecule has 1 aliphatic rings. The minimum absolute atomic E-state index is 0.245. The van der Waals surface area contributed by atoms with Crippen molar-refractivity contribution in [3.05, 3.63) is 20.8 Å². The monoisotopic (exact) mass is 288 g/mol. The van der Waals surface area contributed by atoms with E-state index in [2.05, 4.69) is 27.4 Å². The molecule has 0 bridgehead atoms. The summed E-state index contributed by atoms with van der Waals surface area (Å²) in [6.45, 7) is 0. The molecule has 15 heavy (non-hydrogen) atoms. The lowest BCUT2D eigenvalue weighted by molar-refractivity contribution is 0.0992. The Balaban J connectivity index is 2.02. The molecule has 1 heterocycles. The van der Waals surface area contributed by atoms with Gasteiger partial charge in [0.05, 0.1) is 9.89 Å². The lowest BCUT2D eigenvalue weighted by Gasteiger charge is -2.20. The molecule has 1 nitrogen and oxygen atoms in total. The van der Waals surface area contributed by atoms with Crippen LogP contribution in [-0.2, 0) is 0 Å². The summed E-state index contributed by atoms with van der Waals surface area (Å²) in [7, 11) is 0. The Morgan fingerprint density at radius 1 is 1.27 bits per heavy atom. The van der Waals surface area contributed by atoms with E-state index >= 15 is 0 Å². The lowest BCUT2D eigenvalue weighted by Crippen LogP contribution is -2.11. The largest absolute Gasteiger partial charge is 0.388 e. The van der Waals surface area contributed by atoms with Crippen LogP contribution in [0.25, 0.3) is 0 Å². The molecule has 0 spiro atoms. The molecule has 2 rings (SSSR count). The van der Waals surface area contributed by atoms with E-state index in [1.807, 2.05) is 0 Å². The molecule has 1 aliphatic carbocycles. The molecular weight excluding hydrogens is 272 g/mol. The van der Waals surface area contributed by atoms with Crippen LogP contribution in [0.3, 0.4) is 0 Å². The number of hydrogen-bond donors (Lipinski definition) is 1.